The topological polar surface area (TPSA) is 9.23 Å². The molecule has 0 radical (unpaired) electrons. The van der Waals surface area contributed by atoms with Crippen molar-refractivity contribution >= 4 is 0 Å². The van der Waals surface area contributed by atoms with Crippen molar-refractivity contribution in [1.82, 2.24) is 0 Å². The summed E-state index contributed by atoms with van der Waals surface area (Å²) in [5.74, 6) is -0.622. The maximum atomic E-state index is 12.6. The molecule has 0 spiro atoms. The molecule has 1 nitrogen and oxygen atoms in total. The van der Waals surface area contributed by atoms with E-state index >= 15 is 0 Å². The van der Waals surface area contributed by atoms with E-state index in [2.05, 4.69) is 4.74 Å². The van der Waals surface area contributed by atoms with Gasteiger partial charge in [-0.25, -0.2) is 0 Å². The van der Waals surface area contributed by atoms with E-state index in [-0.39, 0.29) is 6.10 Å². The number of alkyl halides is 2. The summed E-state index contributed by atoms with van der Waals surface area (Å²) in [7, 11) is 0. The molecule has 2 atom stereocenters. The summed E-state index contributed by atoms with van der Waals surface area (Å²) in [5, 5.41) is 0. The first kappa shape index (κ1) is 7.92. The van der Waals surface area contributed by atoms with Crippen LogP contribution in [0.15, 0.2) is 0 Å². The van der Waals surface area contributed by atoms with Gasteiger partial charge in [-0.2, -0.15) is 8.78 Å². The summed E-state index contributed by atoms with van der Waals surface area (Å²) in [4.78, 5) is 0. The Kier molecular flexibility index (Phi) is 1.95. The molecule has 2 unspecified atom stereocenters. The number of hydrogen-bond donors (Lipinski definition) is 0. The Morgan fingerprint density at radius 1 is 1.30 bits per heavy atom. The van der Waals surface area contributed by atoms with E-state index < -0.39 is 12.0 Å². The molecule has 1 heterocycles. The summed E-state index contributed by atoms with van der Waals surface area (Å²) in [6.45, 7) is 3.20. The van der Waals surface area contributed by atoms with Gasteiger partial charge in [0.05, 0.1) is 6.10 Å². The summed E-state index contributed by atoms with van der Waals surface area (Å²) < 4.78 is 29.7. The van der Waals surface area contributed by atoms with Crippen LogP contribution in [0.25, 0.3) is 0 Å². The third-order valence-electron chi connectivity index (χ3n) is 1.94. The Morgan fingerprint density at radius 3 is 2.30 bits per heavy atom. The second-order valence-electron chi connectivity index (χ2n) is 2.97. The molecule has 0 aliphatic carbocycles. The first-order chi connectivity index (χ1) is 4.52. The molecule has 0 aromatic carbocycles. The predicted molar refractivity (Wildman–Crippen MR) is 33.9 cm³/mol. The second-order valence-corrected chi connectivity index (χ2v) is 2.97. The molecule has 1 saturated heterocycles. The van der Waals surface area contributed by atoms with E-state index in [4.69, 9.17) is 0 Å². The average molecular weight is 150 g/mol. The standard InChI is InChI=1S/C7H12F2O/c1-5-3-4-6(2)10-7(5,8)9/h5-6H,3-4H2,1-2H3. The van der Waals surface area contributed by atoms with Gasteiger partial charge < -0.3 is 4.74 Å². The highest BCUT2D eigenvalue weighted by atomic mass is 19.3. The lowest BCUT2D eigenvalue weighted by molar-refractivity contribution is -0.307. The summed E-state index contributed by atoms with van der Waals surface area (Å²) in [6.07, 6.45) is -1.87. The molecule has 10 heavy (non-hydrogen) atoms. The fraction of sp³-hybridized carbons (Fsp3) is 1.00. The first-order valence-corrected chi connectivity index (χ1v) is 3.58. The van der Waals surface area contributed by atoms with Gasteiger partial charge in [0.1, 0.15) is 0 Å². The van der Waals surface area contributed by atoms with Gasteiger partial charge in [-0.05, 0) is 19.8 Å². The molecule has 60 valence electrons. The van der Waals surface area contributed by atoms with Gasteiger partial charge in [-0.1, -0.05) is 6.92 Å². The fourth-order valence-corrected chi connectivity index (χ4v) is 1.10. The van der Waals surface area contributed by atoms with Gasteiger partial charge in [0.15, 0.2) is 0 Å². The van der Waals surface area contributed by atoms with E-state index in [9.17, 15) is 8.78 Å². The van der Waals surface area contributed by atoms with Crippen molar-refractivity contribution in [1.29, 1.82) is 0 Å². The molecule has 3 heteroatoms. The van der Waals surface area contributed by atoms with Crippen LogP contribution < -0.4 is 0 Å². The third kappa shape index (κ3) is 1.45. The van der Waals surface area contributed by atoms with Gasteiger partial charge in [0.25, 0.3) is 0 Å². The van der Waals surface area contributed by atoms with Crippen LogP contribution in [0.4, 0.5) is 8.78 Å². The molecular formula is C7H12F2O. The van der Waals surface area contributed by atoms with E-state index in [0.717, 1.165) is 6.42 Å². The number of halogens is 2. The number of hydrogen-bond acceptors (Lipinski definition) is 1. The van der Waals surface area contributed by atoms with E-state index in [1.54, 1.807) is 6.92 Å². The zero-order valence-corrected chi connectivity index (χ0v) is 6.23. The van der Waals surface area contributed by atoms with Crippen LogP contribution in [0.5, 0.6) is 0 Å². The number of ether oxygens (including phenoxy) is 1. The van der Waals surface area contributed by atoms with Crippen molar-refractivity contribution in [2.45, 2.75) is 38.9 Å². The van der Waals surface area contributed by atoms with Crippen molar-refractivity contribution in [3.8, 4) is 0 Å². The quantitative estimate of drug-likeness (QED) is 0.515. The van der Waals surface area contributed by atoms with Crippen molar-refractivity contribution < 1.29 is 13.5 Å². The lowest BCUT2D eigenvalue weighted by atomic mass is 9.99. The van der Waals surface area contributed by atoms with Crippen LogP contribution in [0.2, 0.25) is 0 Å². The van der Waals surface area contributed by atoms with Gasteiger partial charge >= 0.3 is 6.11 Å². The highest BCUT2D eigenvalue weighted by molar-refractivity contribution is 4.72. The maximum Gasteiger partial charge on any atom is 0.358 e. The Labute approximate surface area is 59.4 Å². The van der Waals surface area contributed by atoms with Gasteiger partial charge in [0.2, 0.25) is 0 Å². The Balaban J connectivity index is 2.55. The van der Waals surface area contributed by atoms with Crippen LogP contribution >= 0.6 is 0 Å². The zero-order chi connectivity index (χ0) is 7.78. The molecular weight excluding hydrogens is 138 g/mol. The van der Waals surface area contributed by atoms with Crippen LogP contribution in [0.1, 0.15) is 26.7 Å². The fourth-order valence-electron chi connectivity index (χ4n) is 1.10. The minimum absolute atomic E-state index is 0.286. The van der Waals surface area contributed by atoms with Crippen LogP contribution in [-0.2, 0) is 4.74 Å². The van der Waals surface area contributed by atoms with Crippen LogP contribution in [0.3, 0.4) is 0 Å². The molecule has 1 rings (SSSR count). The third-order valence-corrected chi connectivity index (χ3v) is 1.94. The SMILES string of the molecule is CC1CCC(C)C(F)(F)O1. The average Bonchev–Trinajstić information content (AvgIpc) is 1.78. The minimum Gasteiger partial charge on any atom is -0.317 e. The molecule has 0 amide bonds. The van der Waals surface area contributed by atoms with E-state index in [1.807, 2.05) is 0 Å². The molecule has 0 saturated carbocycles. The Hall–Kier alpha value is -0.180. The number of rotatable bonds is 0. The lowest BCUT2D eigenvalue weighted by Gasteiger charge is -2.32. The van der Waals surface area contributed by atoms with Crippen molar-refractivity contribution in [3.63, 3.8) is 0 Å². The van der Waals surface area contributed by atoms with Crippen LogP contribution in [0, 0.1) is 5.92 Å². The van der Waals surface area contributed by atoms with Gasteiger partial charge in [-0.3, -0.25) is 0 Å². The molecule has 1 fully saturated rings. The van der Waals surface area contributed by atoms with Crippen molar-refractivity contribution in [2.24, 2.45) is 5.92 Å². The first-order valence-electron chi connectivity index (χ1n) is 3.58. The van der Waals surface area contributed by atoms with Crippen LogP contribution in [-0.4, -0.2) is 12.2 Å². The molecule has 0 aromatic rings. The maximum absolute atomic E-state index is 12.6. The lowest BCUT2D eigenvalue weighted by Crippen LogP contribution is -2.38. The molecule has 0 N–H and O–H groups in total. The van der Waals surface area contributed by atoms with Crippen molar-refractivity contribution in [3.05, 3.63) is 0 Å². The summed E-state index contributed by atoms with van der Waals surface area (Å²) in [5.41, 5.74) is 0. The normalized spacial score (nSPS) is 39.6. The minimum atomic E-state index is -2.89. The van der Waals surface area contributed by atoms with Crippen molar-refractivity contribution in [2.75, 3.05) is 0 Å². The molecule has 1 aliphatic heterocycles. The second kappa shape index (κ2) is 2.46. The highest BCUT2D eigenvalue weighted by Gasteiger charge is 2.42. The smallest absolute Gasteiger partial charge is 0.317 e. The largest absolute Gasteiger partial charge is 0.358 e. The molecule has 0 aromatic heterocycles. The van der Waals surface area contributed by atoms with Gasteiger partial charge in [-0.15, -0.1) is 0 Å². The summed E-state index contributed by atoms with van der Waals surface area (Å²) in [6, 6.07) is 0. The molecule has 0 bridgehead atoms. The Bertz CT molecular complexity index is 125. The van der Waals surface area contributed by atoms with Gasteiger partial charge in [0, 0.05) is 5.92 Å². The highest BCUT2D eigenvalue weighted by Crippen LogP contribution is 2.35. The van der Waals surface area contributed by atoms with E-state index in [0.29, 0.717) is 6.42 Å². The monoisotopic (exact) mass is 150 g/mol. The predicted octanol–water partition coefficient (Wildman–Crippen LogP) is 2.41. The zero-order valence-electron chi connectivity index (χ0n) is 6.23. The molecule has 1 aliphatic rings. The van der Waals surface area contributed by atoms with E-state index in [1.165, 1.54) is 6.92 Å². The Morgan fingerprint density at radius 2 is 1.90 bits per heavy atom. The summed E-state index contributed by atoms with van der Waals surface area (Å²) >= 11 is 0.